The van der Waals surface area contributed by atoms with E-state index in [2.05, 4.69) is 4.99 Å². The standard InChI is InChI=1S/C17H22N4O3S/c1-19(2)13-6-4-12(5-7-13)14-23-8-17(9-24-14)15(22)21-11-20(3)10-18-16(21)25-17/h4-7,14H,8-11H2,1-3H3. The molecule has 0 N–H and O–H groups in total. The van der Waals surface area contributed by atoms with Crippen LogP contribution in [0.15, 0.2) is 29.3 Å². The van der Waals surface area contributed by atoms with Crippen molar-refractivity contribution in [3.8, 4) is 0 Å². The molecule has 2 saturated heterocycles. The van der Waals surface area contributed by atoms with Gasteiger partial charge in [0.05, 0.1) is 26.6 Å². The summed E-state index contributed by atoms with van der Waals surface area (Å²) in [6.45, 7) is 1.85. The first-order valence-electron chi connectivity index (χ1n) is 8.23. The SMILES string of the molecule is CN1CN=C2SC3(COC(c4ccc(N(C)C)cc4)OC3)C(=O)N2C1. The molecule has 0 unspecified atom stereocenters. The van der Waals surface area contributed by atoms with Gasteiger partial charge in [0.15, 0.2) is 11.5 Å². The highest BCUT2D eigenvalue weighted by Gasteiger charge is 2.55. The minimum atomic E-state index is -0.704. The van der Waals surface area contributed by atoms with E-state index in [0.29, 0.717) is 26.6 Å². The van der Waals surface area contributed by atoms with E-state index in [-0.39, 0.29) is 5.91 Å². The molecule has 3 aliphatic rings. The van der Waals surface area contributed by atoms with Crippen molar-refractivity contribution in [3.63, 3.8) is 0 Å². The largest absolute Gasteiger partial charge is 0.378 e. The Morgan fingerprint density at radius 2 is 1.92 bits per heavy atom. The van der Waals surface area contributed by atoms with Gasteiger partial charge in [-0.2, -0.15) is 0 Å². The molecule has 0 atom stereocenters. The summed E-state index contributed by atoms with van der Waals surface area (Å²) in [5.41, 5.74) is 2.09. The second-order valence-corrected chi connectivity index (χ2v) is 8.20. The number of hydrogen-bond acceptors (Lipinski definition) is 7. The first-order valence-corrected chi connectivity index (χ1v) is 9.05. The molecule has 1 aromatic rings. The number of fused-ring (bicyclic) bond motifs is 1. The molecule has 3 heterocycles. The molecule has 134 valence electrons. The van der Waals surface area contributed by atoms with Crippen LogP contribution in [-0.2, 0) is 14.3 Å². The van der Waals surface area contributed by atoms with Gasteiger partial charge in [-0.15, -0.1) is 0 Å². The van der Waals surface area contributed by atoms with Crippen molar-refractivity contribution in [2.45, 2.75) is 11.0 Å². The predicted octanol–water partition coefficient (Wildman–Crippen LogP) is 1.33. The van der Waals surface area contributed by atoms with Crippen molar-refractivity contribution < 1.29 is 14.3 Å². The molecule has 1 amide bonds. The summed E-state index contributed by atoms with van der Waals surface area (Å²) >= 11 is 1.47. The fraction of sp³-hybridized carbons (Fsp3) is 0.529. The van der Waals surface area contributed by atoms with Crippen molar-refractivity contribution in [2.75, 3.05) is 52.6 Å². The number of ether oxygens (including phenoxy) is 2. The molecule has 0 saturated carbocycles. The third kappa shape index (κ3) is 2.93. The highest BCUT2D eigenvalue weighted by molar-refractivity contribution is 8.16. The Balaban J connectivity index is 1.46. The summed E-state index contributed by atoms with van der Waals surface area (Å²) < 4.78 is 11.2. The molecule has 1 spiro atoms. The molecule has 7 nitrogen and oxygen atoms in total. The number of carbonyl (C=O) groups is 1. The number of amides is 1. The fourth-order valence-corrected chi connectivity index (χ4v) is 4.30. The van der Waals surface area contributed by atoms with E-state index < -0.39 is 11.0 Å². The Bertz CT molecular complexity index is 698. The van der Waals surface area contributed by atoms with Gasteiger partial charge in [-0.3, -0.25) is 14.6 Å². The molecule has 25 heavy (non-hydrogen) atoms. The van der Waals surface area contributed by atoms with Crippen LogP contribution in [0.1, 0.15) is 11.9 Å². The normalized spacial score (nSPS) is 29.7. The minimum absolute atomic E-state index is 0.0317. The third-order valence-corrected chi connectivity index (χ3v) is 5.93. The lowest BCUT2D eigenvalue weighted by Crippen LogP contribution is -2.52. The van der Waals surface area contributed by atoms with Crippen molar-refractivity contribution in [3.05, 3.63) is 29.8 Å². The van der Waals surface area contributed by atoms with Gasteiger partial charge >= 0.3 is 0 Å². The Kier molecular flexibility index (Phi) is 4.23. The summed E-state index contributed by atoms with van der Waals surface area (Å²) in [5, 5.41) is 0.782. The molecule has 0 aliphatic carbocycles. The number of benzene rings is 1. The average Bonchev–Trinajstić information content (AvgIpc) is 2.88. The van der Waals surface area contributed by atoms with Gasteiger partial charge in [-0.25, -0.2) is 4.99 Å². The number of rotatable bonds is 2. The quantitative estimate of drug-likeness (QED) is 0.791. The van der Waals surface area contributed by atoms with Crippen LogP contribution in [0, 0.1) is 0 Å². The van der Waals surface area contributed by atoms with Gasteiger partial charge in [0.2, 0.25) is 0 Å². The molecule has 3 aliphatic heterocycles. The lowest BCUT2D eigenvalue weighted by atomic mass is 10.1. The highest BCUT2D eigenvalue weighted by atomic mass is 32.2. The molecule has 1 aromatic carbocycles. The second-order valence-electron chi connectivity index (χ2n) is 6.85. The van der Waals surface area contributed by atoms with Gasteiger partial charge in [-0.1, -0.05) is 23.9 Å². The Hall–Kier alpha value is -1.61. The van der Waals surface area contributed by atoms with Gasteiger partial charge in [-0.05, 0) is 19.2 Å². The van der Waals surface area contributed by atoms with Crippen LogP contribution in [0.2, 0.25) is 0 Å². The molecule has 2 fully saturated rings. The average molecular weight is 362 g/mol. The maximum Gasteiger partial charge on any atom is 0.251 e. The number of aliphatic imine (C=N–C) groups is 1. The number of anilines is 1. The van der Waals surface area contributed by atoms with E-state index in [1.54, 1.807) is 4.90 Å². The molecular formula is C17H22N4O3S. The number of thioether (sulfide) groups is 1. The van der Waals surface area contributed by atoms with E-state index in [4.69, 9.17) is 9.47 Å². The topological polar surface area (TPSA) is 57.6 Å². The maximum absolute atomic E-state index is 12.9. The third-order valence-electron chi connectivity index (χ3n) is 4.60. The fourth-order valence-electron chi connectivity index (χ4n) is 3.13. The molecular weight excluding hydrogens is 340 g/mol. The van der Waals surface area contributed by atoms with Gasteiger partial charge < -0.3 is 14.4 Å². The van der Waals surface area contributed by atoms with E-state index in [1.807, 2.05) is 55.2 Å². The Morgan fingerprint density at radius 1 is 1.24 bits per heavy atom. The van der Waals surface area contributed by atoms with E-state index >= 15 is 0 Å². The van der Waals surface area contributed by atoms with E-state index in [0.717, 1.165) is 16.4 Å². The Labute approximate surface area is 151 Å². The van der Waals surface area contributed by atoms with Crippen molar-refractivity contribution in [1.29, 1.82) is 0 Å². The highest BCUT2D eigenvalue weighted by Crippen LogP contribution is 2.43. The van der Waals surface area contributed by atoms with Crippen LogP contribution in [0.25, 0.3) is 0 Å². The zero-order valence-electron chi connectivity index (χ0n) is 14.6. The van der Waals surface area contributed by atoms with Gasteiger partial charge in [0.1, 0.15) is 4.75 Å². The minimum Gasteiger partial charge on any atom is -0.378 e. The first-order chi connectivity index (χ1) is 12.0. The van der Waals surface area contributed by atoms with Crippen molar-refractivity contribution in [2.24, 2.45) is 4.99 Å². The lowest BCUT2D eigenvalue weighted by Gasteiger charge is -2.35. The summed E-state index contributed by atoms with van der Waals surface area (Å²) in [4.78, 5) is 23.1. The lowest BCUT2D eigenvalue weighted by molar-refractivity contribution is -0.199. The van der Waals surface area contributed by atoms with E-state index in [9.17, 15) is 4.79 Å². The van der Waals surface area contributed by atoms with Gasteiger partial charge in [0.25, 0.3) is 5.91 Å². The van der Waals surface area contributed by atoms with Gasteiger partial charge in [0, 0.05) is 25.3 Å². The molecule has 0 bridgehead atoms. The number of hydrogen-bond donors (Lipinski definition) is 0. The number of carbonyl (C=O) groups excluding carboxylic acids is 1. The number of nitrogens with zero attached hydrogens (tertiary/aromatic N) is 4. The van der Waals surface area contributed by atoms with Crippen LogP contribution < -0.4 is 4.90 Å². The Morgan fingerprint density at radius 3 is 2.56 bits per heavy atom. The summed E-state index contributed by atoms with van der Waals surface area (Å²) in [7, 11) is 5.96. The van der Waals surface area contributed by atoms with E-state index in [1.165, 1.54) is 11.8 Å². The predicted molar refractivity (Wildman–Crippen MR) is 97.5 cm³/mol. The van der Waals surface area contributed by atoms with Crippen LogP contribution in [0.5, 0.6) is 0 Å². The summed E-state index contributed by atoms with van der Waals surface area (Å²) in [6.07, 6.45) is -0.433. The van der Waals surface area contributed by atoms with Crippen molar-refractivity contribution in [1.82, 2.24) is 9.80 Å². The summed E-state index contributed by atoms with van der Waals surface area (Å²) in [5.74, 6) is 0.0317. The molecule has 0 radical (unpaired) electrons. The molecule has 4 rings (SSSR count). The van der Waals surface area contributed by atoms with Crippen LogP contribution in [-0.4, -0.2) is 73.3 Å². The van der Waals surface area contributed by atoms with Crippen LogP contribution in [0.3, 0.4) is 0 Å². The molecule has 8 heteroatoms. The zero-order chi connectivity index (χ0) is 17.6. The maximum atomic E-state index is 12.9. The monoisotopic (exact) mass is 362 g/mol. The summed E-state index contributed by atoms with van der Waals surface area (Å²) in [6, 6.07) is 8.08. The zero-order valence-corrected chi connectivity index (χ0v) is 15.5. The van der Waals surface area contributed by atoms with Crippen LogP contribution >= 0.6 is 11.8 Å². The smallest absolute Gasteiger partial charge is 0.251 e. The molecule has 0 aromatic heterocycles. The van der Waals surface area contributed by atoms with Crippen LogP contribution in [0.4, 0.5) is 5.69 Å². The first kappa shape index (κ1) is 16.8. The second kappa shape index (κ2) is 6.28. The number of amidine groups is 1. The van der Waals surface area contributed by atoms with Crippen molar-refractivity contribution >= 4 is 28.5 Å².